The molecule has 2 aliphatic rings. The summed E-state index contributed by atoms with van der Waals surface area (Å²) in [5.41, 5.74) is 3.69. The van der Waals surface area contributed by atoms with E-state index in [1.807, 2.05) is 46.8 Å². The van der Waals surface area contributed by atoms with Crippen LogP contribution < -0.4 is 15.5 Å². The second-order valence-electron chi connectivity index (χ2n) is 7.97. The minimum Gasteiger partial charge on any atom is -0.345 e. The molecule has 0 spiro atoms. The Morgan fingerprint density at radius 3 is 2.72 bits per heavy atom. The molecule has 0 aliphatic carbocycles. The van der Waals surface area contributed by atoms with Gasteiger partial charge >= 0.3 is 11.8 Å². The van der Waals surface area contributed by atoms with Gasteiger partial charge in [-0.25, -0.2) is 0 Å². The predicted molar refractivity (Wildman–Crippen MR) is 122 cm³/mol. The SMILES string of the molecule is O=C(NCC(c1cccs1)n1cccn1)C(=O)Nc1cc2c3c(c1)CCC(=O)N3CCC2. The smallest absolute Gasteiger partial charge is 0.313 e. The van der Waals surface area contributed by atoms with Crippen molar-refractivity contribution in [3.05, 3.63) is 64.1 Å². The standard InChI is InChI=1S/C23H23N5O3S/c29-20-7-6-16-13-17(12-15-4-1-9-27(20)21(15)16)26-23(31)22(30)24-14-18(19-5-2-11-32-19)28-10-3-8-25-28/h2-3,5,8,10-13,18H,1,4,6-7,9,14H2,(H,24,30)(H,26,31). The van der Waals surface area contributed by atoms with Crippen LogP contribution >= 0.6 is 11.3 Å². The molecule has 0 saturated carbocycles. The van der Waals surface area contributed by atoms with Crippen LogP contribution in [0.4, 0.5) is 11.4 Å². The van der Waals surface area contributed by atoms with Crippen LogP contribution in [-0.2, 0) is 27.2 Å². The number of anilines is 2. The van der Waals surface area contributed by atoms with Crippen LogP contribution in [0.5, 0.6) is 0 Å². The van der Waals surface area contributed by atoms with Crippen molar-refractivity contribution in [2.24, 2.45) is 0 Å². The fourth-order valence-corrected chi connectivity index (χ4v) is 5.27. The van der Waals surface area contributed by atoms with E-state index >= 15 is 0 Å². The first-order chi connectivity index (χ1) is 15.6. The average molecular weight is 450 g/mol. The first-order valence-electron chi connectivity index (χ1n) is 10.7. The van der Waals surface area contributed by atoms with Crippen molar-refractivity contribution in [2.45, 2.75) is 31.7 Å². The second-order valence-corrected chi connectivity index (χ2v) is 8.95. The number of nitrogens with one attached hydrogen (secondary N) is 2. The summed E-state index contributed by atoms with van der Waals surface area (Å²) in [5, 5.41) is 11.7. The van der Waals surface area contributed by atoms with Gasteiger partial charge in [0, 0.05) is 42.5 Å². The third-order valence-electron chi connectivity index (χ3n) is 5.91. The monoisotopic (exact) mass is 449 g/mol. The highest BCUT2D eigenvalue weighted by molar-refractivity contribution is 7.10. The van der Waals surface area contributed by atoms with E-state index in [2.05, 4.69) is 15.7 Å². The zero-order valence-electron chi connectivity index (χ0n) is 17.4. The zero-order valence-corrected chi connectivity index (χ0v) is 18.2. The quantitative estimate of drug-likeness (QED) is 0.585. The van der Waals surface area contributed by atoms with Crippen LogP contribution in [-0.4, -0.2) is 40.6 Å². The molecule has 2 aromatic heterocycles. The van der Waals surface area contributed by atoms with Gasteiger partial charge in [0.25, 0.3) is 0 Å². The maximum Gasteiger partial charge on any atom is 0.313 e. The van der Waals surface area contributed by atoms with Gasteiger partial charge in [-0.3, -0.25) is 19.1 Å². The molecule has 1 aromatic carbocycles. The Bertz CT molecular complexity index is 1110. The Morgan fingerprint density at radius 2 is 1.97 bits per heavy atom. The topological polar surface area (TPSA) is 96.3 Å². The number of amides is 3. The molecule has 0 saturated heterocycles. The van der Waals surface area contributed by atoms with Gasteiger partial charge < -0.3 is 15.5 Å². The van der Waals surface area contributed by atoms with E-state index in [0.717, 1.165) is 41.1 Å². The number of carbonyl (C=O) groups is 3. The number of carbonyl (C=O) groups excluding carboxylic acids is 3. The van der Waals surface area contributed by atoms with E-state index in [1.54, 1.807) is 22.2 Å². The van der Waals surface area contributed by atoms with E-state index in [0.29, 0.717) is 18.5 Å². The molecule has 0 radical (unpaired) electrons. The second kappa shape index (κ2) is 8.58. The number of rotatable bonds is 5. The minimum absolute atomic E-state index is 0.159. The molecule has 4 heterocycles. The van der Waals surface area contributed by atoms with Crippen molar-refractivity contribution in [1.29, 1.82) is 0 Å². The molecule has 1 unspecified atom stereocenters. The van der Waals surface area contributed by atoms with E-state index in [1.165, 1.54) is 0 Å². The maximum atomic E-state index is 12.6. The molecule has 9 heteroatoms. The number of aryl methyl sites for hydroxylation is 2. The van der Waals surface area contributed by atoms with Crippen molar-refractivity contribution in [3.8, 4) is 0 Å². The molecular weight excluding hydrogens is 426 g/mol. The molecule has 8 nitrogen and oxygen atoms in total. The third-order valence-corrected chi connectivity index (χ3v) is 6.88. The van der Waals surface area contributed by atoms with E-state index < -0.39 is 11.8 Å². The summed E-state index contributed by atoms with van der Waals surface area (Å²) in [7, 11) is 0. The first-order valence-corrected chi connectivity index (χ1v) is 11.6. The Kier molecular flexibility index (Phi) is 5.48. The van der Waals surface area contributed by atoms with Crippen molar-refractivity contribution < 1.29 is 14.4 Å². The molecule has 0 bridgehead atoms. The predicted octanol–water partition coefficient (Wildman–Crippen LogP) is 2.51. The number of thiophene rings is 1. The van der Waals surface area contributed by atoms with Crippen molar-refractivity contribution in [1.82, 2.24) is 15.1 Å². The van der Waals surface area contributed by atoms with E-state index in [9.17, 15) is 14.4 Å². The molecule has 3 amide bonds. The highest BCUT2D eigenvalue weighted by Crippen LogP contribution is 2.37. The van der Waals surface area contributed by atoms with Gasteiger partial charge in [-0.2, -0.15) is 5.10 Å². The lowest BCUT2D eigenvalue weighted by Gasteiger charge is -2.35. The third kappa shape index (κ3) is 3.91. The molecule has 2 N–H and O–H groups in total. The Labute approximate surface area is 189 Å². The van der Waals surface area contributed by atoms with Gasteiger partial charge in [0.2, 0.25) is 5.91 Å². The van der Waals surface area contributed by atoms with E-state index in [-0.39, 0.29) is 18.5 Å². The van der Waals surface area contributed by atoms with Crippen LogP contribution in [0, 0.1) is 0 Å². The zero-order chi connectivity index (χ0) is 22.1. The molecular formula is C23H23N5O3S. The van der Waals surface area contributed by atoms with Crippen LogP contribution in [0.15, 0.2) is 48.1 Å². The molecule has 3 aromatic rings. The van der Waals surface area contributed by atoms with Crippen LogP contribution in [0.2, 0.25) is 0 Å². The molecule has 5 rings (SSSR count). The highest BCUT2D eigenvalue weighted by atomic mass is 32.1. The van der Waals surface area contributed by atoms with Gasteiger partial charge in [-0.05, 0) is 60.0 Å². The summed E-state index contributed by atoms with van der Waals surface area (Å²) in [6.07, 6.45) is 6.40. The lowest BCUT2D eigenvalue weighted by molar-refractivity contribution is -0.136. The van der Waals surface area contributed by atoms with Crippen LogP contribution in [0.25, 0.3) is 0 Å². The van der Waals surface area contributed by atoms with Gasteiger partial charge in [-0.1, -0.05) is 6.07 Å². The number of aromatic nitrogens is 2. The van der Waals surface area contributed by atoms with Gasteiger partial charge in [-0.15, -0.1) is 11.3 Å². The molecule has 164 valence electrons. The number of hydrogen-bond donors (Lipinski definition) is 2. The summed E-state index contributed by atoms with van der Waals surface area (Å²) in [6, 6.07) is 9.34. The normalized spacial score (nSPS) is 15.8. The first kappa shape index (κ1) is 20.4. The summed E-state index contributed by atoms with van der Waals surface area (Å²) in [5.74, 6) is -1.24. The fraction of sp³-hybridized carbons (Fsp3) is 0.304. The lowest BCUT2D eigenvalue weighted by atomic mass is 9.91. The van der Waals surface area contributed by atoms with Gasteiger partial charge in [0.1, 0.15) is 6.04 Å². The minimum atomic E-state index is -0.706. The molecule has 32 heavy (non-hydrogen) atoms. The Hall–Kier alpha value is -3.46. The average Bonchev–Trinajstić information content (AvgIpc) is 3.51. The summed E-state index contributed by atoms with van der Waals surface area (Å²) in [4.78, 5) is 40.2. The van der Waals surface area contributed by atoms with Crippen LogP contribution in [0.3, 0.4) is 0 Å². The largest absolute Gasteiger partial charge is 0.345 e. The lowest BCUT2D eigenvalue weighted by Crippen LogP contribution is -2.40. The molecule has 0 fully saturated rings. The summed E-state index contributed by atoms with van der Waals surface area (Å²) >= 11 is 1.57. The van der Waals surface area contributed by atoms with Crippen LogP contribution in [0.1, 0.15) is 34.9 Å². The van der Waals surface area contributed by atoms with E-state index in [4.69, 9.17) is 0 Å². The Balaban J connectivity index is 1.27. The Morgan fingerprint density at radius 1 is 1.12 bits per heavy atom. The summed E-state index contributed by atoms with van der Waals surface area (Å²) in [6.45, 7) is 0.996. The maximum absolute atomic E-state index is 12.6. The highest BCUT2D eigenvalue weighted by Gasteiger charge is 2.30. The van der Waals surface area contributed by atoms with Crippen molar-refractivity contribution >= 4 is 40.4 Å². The fourth-order valence-electron chi connectivity index (χ4n) is 4.45. The van der Waals surface area contributed by atoms with Gasteiger partial charge in [0.15, 0.2) is 0 Å². The van der Waals surface area contributed by atoms with Crippen molar-refractivity contribution in [2.75, 3.05) is 23.3 Å². The van der Waals surface area contributed by atoms with Crippen molar-refractivity contribution in [3.63, 3.8) is 0 Å². The number of nitrogens with zero attached hydrogens (tertiary/aromatic N) is 3. The molecule has 1 atom stereocenters. The number of hydrogen-bond acceptors (Lipinski definition) is 5. The van der Waals surface area contributed by atoms with Gasteiger partial charge in [0.05, 0.1) is 5.69 Å². The molecule has 2 aliphatic heterocycles. The number of benzene rings is 1. The summed E-state index contributed by atoms with van der Waals surface area (Å²) < 4.78 is 1.77.